The van der Waals surface area contributed by atoms with Crippen molar-refractivity contribution in [3.05, 3.63) is 54.6 Å². The van der Waals surface area contributed by atoms with Gasteiger partial charge in [-0.05, 0) is 49.7 Å². The van der Waals surface area contributed by atoms with Gasteiger partial charge in [-0.2, -0.15) is 10.2 Å². The van der Waals surface area contributed by atoms with Gasteiger partial charge in [0.05, 0.1) is 36.2 Å². The highest BCUT2D eigenvalue weighted by Gasteiger charge is 2.33. The average Bonchev–Trinajstić information content (AvgIpc) is 3.37. The van der Waals surface area contributed by atoms with Gasteiger partial charge < -0.3 is 20.0 Å². The fourth-order valence-electron chi connectivity index (χ4n) is 4.75. The van der Waals surface area contributed by atoms with Gasteiger partial charge in [-0.25, -0.2) is 4.39 Å². The summed E-state index contributed by atoms with van der Waals surface area (Å²) < 4.78 is 17.6. The standard InChI is InChI=1S/C24H27FN6O2/c1-15-13-30(24-20-11-19(25)5-7-21(20)28(3)27-24)23-10-17(4-6-22(23)31(15)16(2)33)18-12-26-29(14-18)8-9-32/h4-7,10-12,14-16,32-33H,8-9,13H2,1-3H3/t15-,16?/m0/s1. The van der Waals surface area contributed by atoms with Crippen molar-refractivity contribution in [3.8, 4) is 11.1 Å². The first-order chi connectivity index (χ1) is 15.9. The molecule has 172 valence electrons. The number of fused-ring (bicyclic) bond motifs is 2. The summed E-state index contributed by atoms with van der Waals surface area (Å²) in [7, 11) is 1.85. The highest BCUT2D eigenvalue weighted by molar-refractivity contribution is 5.95. The third-order valence-electron chi connectivity index (χ3n) is 6.21. The summed E-state index contributed by atoms with van der Waals surface area (Å²) in [6.45, 7) is 4.84. The molecule has 5 rings (SSSR count). The lowest BCUT2D eigenvalue weighted by Crippen LogP contribution is -2.50. The predicted octanol–water partition coefficient (Wildman–Crippen LogP) is 3.25. The van der Waals surface area contributed by atoms with Gasteiger partial charge in [0.25, 0.3) is 0 Å². The van der Waals surface area contributed by atoms with Crippen molar-refractivity contribution in [1.29, 1.82) is 0 Å². The Hall–Kier alpha value is -3.43. The quantitative estimate of drug-likeness (QED) is 0.486. The number of anilines is 3. The van der Waals surface area contributed by atoms with Gasteiger partial charge in [-0.1, -0.05) is 6.07 Å². The normalized spacial score (nSPS) is 17.0. The number of rotatable bonds is 5. The van der Waals surface area contributed by atoms with E-state index in [0.29, 0.717) is 18.9 Å². The maximum absolute atomic E-state index is 14.2. The second-order valence-corrected chi connectivity index (χ2v) is 8.53. The fraction of sp³-hybridized carbons (Fsp3) is 0.333. The highest BCUT2D eigenvalue weighted by atomic mass is 19.1. The van der Waals surface area contributed by atoms with E-state index < -0.39 is 6.23 Å². The summed E-state index contributed by atoms with van der Waals surface area (Å²) in [5.74, 6) is 0.371. The first-order valence-electron chi connectivity index (χ1n) is 11.0. The number of aryl methyl sites for hydroxylation is 1. The van der Waals surface area contributed by atoms with Crippen LogP contribution in [0.15, 0.2) is 48.8 Å². The molecule has 2 aromatic carbocycles. The van der Waals surface area contributed by atoms with Crippen molar-refractivity contribution in [2.45, 2.75) is 32.7 Å². The molecule has 0 fully saturated rings. The van der Waals surface area contributed by atoms with E-state index in [2.05, 4.69) is 23.0 Å². The van der Waals surface area contributed by atoms with Crippen LogP contribution in [0.5, 0.6) is 0 Å². The average molecular weight is 451 g/mol. The van der Waals surface area contributed by atoms with Crippen LogP contribution < -0.4 is 9.80 Å². The van der Waals surface area contributed by atoms with Gasteiger partial charge in [0.1, 0.15) is 12.0 Å². The molecular weight excluding hydrogens is 423 g/mol. The minimum atomic E-state index is -0.669. The van der Waals surface area contributed by atoms with Crippen molar-refractivity contribution < 1.29 is 14.6 Å². The lowest BCUT2D eigenvalue weighted by atomic mass is 10.0. The molecule has 0 aliphatic carbocycles. The van der Waals surface area contributed by atoms with Crippen molar-refractivity contribution in [2.24, 2.45) is 7.05 Å². The van der Waals surface area contributed by atoms with Crippen molar-refractivity contribution in [3.63, 3.8) is 0 Å². The molecule has 2 N–H and O–H groups in total. The number of halogens is 1. The predicted molar refractivity (Wildman–Crippen MR) is 126 cm³/mol. The monoisotopic (exact) mass is 450 g/mol. The zero-order valence-corrected chi connectivity index (χ0v) is 18.9. The third kappa shape index (κ3) is 3.63. The van der Waals surface area contributed by atoms with Crippen molar-refractivity contribution in [1.82, 2.24) is 19.6 Å². The molecule has 4 aromatic rings. The van der Waals surface area contributed by atoms with E-state index in [9.17, 15) is 14.6 Å². The molecule has 0 saturated carbocycles. The molecule has 1 aliphatic heterocycles. The molecule has 0 radical (unpaired) electrons. The first-order valence-corrected chi connectivity index (χ1v) is 11.0. The maximum Gasteiger partial charge on any atom is 0.163 e. The van der Waals surface area contributed by atoms with Crippen LogP contribution in [-0.4, -0.2) is 55.2 Å². The zero-order valence-electron chi connectivity index (χ0n) is 18.9. The van der Waals surface area contributed by atoms with Crippen LogP contribution in [0.1, 0.15) is 13.8 Å². The Kier molecular flexibility index (Phi) is 5.30. The summed E-state index contributed by atoms with van der Waals surface area (Å²) >= 11 is 0. The van der Waals surface area contributed by atoms with Crippen LogP contribution in [0.25, 0.3) is 22.0 Å². The SMILES string of the molecule is CC(O)N1c2ccc(-c3cnn(CCO)c3)cc2N(c2nn(C)c3ccc(F)cc23)C[C@@H]1C. The smallest absolute Gasteiger partial charge is 0.163 e. The molecular formula is C24H27FN6O2. The van der Waals surface area contributed by atoms with Gasteiger partial charge in [-0.3, -0.25) is 9.36 Å². The van der Waals surface area contributed by atoms with Crippen LogP contribution in [0.2, 0.25) is 0 Å². The molecule has 8 nitrogen and oxygen atoms in total. The Labute approximate surface area is 191 Å². The molecule has 3 heterocycles. The molecule has 33 heavy (non-hydrogen) atoms. The van der Waals surface area contributed by atoms with Gasteiger partial charge in [0.15, 0.2) is 5.82 Å². The Bertz CT molecular complexity index is 1310. The zero-order chi connectivity index (χ0) is 23.3. The minimum absolute atomic E-state index is 0.00118. The minimum Gasteiger partial charge on any atom is -0.394 e. The summed E-state index contributed by atoms with van der Waals surface area (Å²) in [6.07, 6.45) is 2.99. The van der Waals surface area contributed by atoms with Gasteiger partial charge in [-0.15, -0.1) is 0 Å². The molecule has 0 bridgehead atoms. The van der Waals surface area contributed by atoms with Crippen LogP contribution in [0, 0.1) is 5.82 Å². The molecule has 2 aromatic heterocycles. The molecule has 0 amide bonds. The fourth-order valence-corrected chi connectivity index (χ4v) is 4.75. The van der Waals surface area contributed by atoms with Gasteiger partial charge >= 0.3 is 0 Å². The van der Waals surface area contributed by atoms with E-state index in [0.717, 1.165) is 33.4 Å². The maximum atomic E-state index is 14.2. The summed E-state index contributed by atoms with van der Waals surface area (Å²) in [4.78, 5) is 4.08. The lowest BCUT2D eigenvalue weighted by Gasteiger charge is -2.44. The number of aliphatic hydroxyl groups excluding tert-OH is 2. The number of hydrogen-bond acceptors (Lipinski definition) is 6. The largest absolute Gasteiger partial charge is 0.394 e. The summed E-state index contributed by atoms with van der Waals surface area (Å²) in [6, 6.07) is 10.8. The van der Waals surface area contributed by atoms with Gasteiger partial charge in [0.2, 0.25) is 0 Å². The van der Waals surface area contributed by atoms with Crippen LogP contribution in [0.4, 0.5) is 21.6 Å². The van der Waals surface area contributed by atoms with E-state index >= 15 is 0 Å². The molecule has 1 aliphatic rings. The van der Waals surface area contributed by atoms with Crippen LogP contribution in [-0.2, 0) is 13.6 Å². The number of benzene rings is 2. The Balaban J connectivity index is 1.68. The van der Waals surface area contributed by atoms with Crippen LogP contribution in [0.3, 0.4) is 0 Å². The number of hydrogen-bond donors (Lipinski definition) is 2. The number of aromatic nitrogens is 4. The Morgan fingerprint density at radius 3 is 2.73 bits per heavy atom. The highest BCUT2D eigenvalue weighted by Crippen LogP contribution is 2.44. The molecule has 1 unspecified atom stereocenters. The van der Waals surface area contributed by atoms with E-state index in [1.807, 2.05) is 30.3 Å². The topological polar surface area (TPSA) is 82.6 Å². The van der Waals surface area contributed by atoms with Crippen LogP contribution >= 0.6 is 0 Å². The summed E-state index contributed by atoms with van der Waals surface area (Å²) in [5, 5.41) is 29.5. The second-order valence-electron chi connectivity index (χ2n) is 8.53. The van der Waals surface area contributed by atoms with E-state index in [-0.39, 0.29) is 18.5 Å². The Morgan fingerprint density at radius 2 is 1.97 bits per heavy atom. The van der Waals surface area contributed by atoms with Crippen molar-refractivity contribution in [2.75, 3.05) is 23.0 Å². The second kappa shape index (κ2) is 8.17. The first kappa shape index (κ1) is 21.4. The van der Waals surface area contributed by atoms with Crippen molar-refractivity contribution >= 4 is 28.1 Å². The lowest BCUT2D eigenvalue weighted by molar-refractivity contribution is 0.178. The third-order valence-corrected chi connectivity index (χ3v) is 6.21. The van der Waals surface area contributed by atoms with E-state index in [4.69, 9.17) is 5.10 Å². The molecule has 0 saturated heterocycles. The van der Waals surface area contributed by atoms with E-state index in [1.165, 1.54) is 12.1 Å². The molecule has 9 heteroatoms. The summed E-state index contributed by atoms with van der Waals surface area (Å²) in [5.41, 5.74) is 4.48. The molecule has 2 atom stereocenters. The Morgan fingerprint density at radius 1 is 1.15 bits per heavy atom. The number of nitrogens with zero attached hydrogens (tertiary/aromatic N) is 6. The number of aliphatic hydroxyl groups is 2. The molecule has 0 spiro atoms. The van der Waals surface area contributed by atoms with E-state index in [1.54, 1.807) is 28.6 Å². The van der Waals surface area contributed by atoms with Gasteiger partial charge in [0, 0.05) is 36.8 Å².